The van der Waals surface area contributed by atoms with Gasteiger partial charge in [-0.05, 0) is 66.2 Å². The van der Waals surface area contributed by atoms with Crippen molar-refractivity contribution in [2.24, 2.45) is 4.99 Å². The van der Waals surface area contributed by atoms with Gasteiger partial charge in [-0.2, -0.15) is 0 Å². The molecule has 0 aliphatic carbocycles. The first-order chi connectivity index (χ1) is 13.6. The van der Waals surface area contributed by atoms with Crippen LogP contribution in [0, 0.1) is 5.82 Å². The van der Waals surface area contributed by atoms with Gasteiger partial charge in [0.25, 0.3) is 0 Å². The number of alkyl carbamates (subject to hydrolysis) is 1. The van der Waals surface area contributed by atoms with Crippen LogP contribution in [0.1, 0.15) is 53.5 Å². The van der Waals surface area contributed by atoms with Crippen molar-refractivity contribution in [3.63, 3.8) is 0 Å². The quantitative estimate of drug-likeness (QED) is 0.650. The highest BCUT2D eigenvalue weighted by Crippen LogP contribution is 2.45. The summed E-state index contributed by atoms with van der Waals surface area (Å²) in [6.07, 6.45) is -1.00. The van der Waals surface area contributed by atoms with Crippen LogP contribution in [0.5, 0.6) is 0 Å². The number of carbonyl (C=O) groups excluding carboxylic acids is 1. The van der Waals surface area contributed by atoms with E-state index in [1.165, 1.54) is 39.0 Å². The molecular formula is C20H28BrFN2O5S. The van der Waals surface area contributed by atoms with Gasteiger partial charge in [-0.3, -0.25) is 10.3 Å². The summed E-state index contributed by atoms with van der Waals surface area (Å²) in [5.41, 5.74) is -2.35. The van der Waals surface area contributed by atoms with Crippen molar-refractivity contribution in [2.45, 2.75) is 69.1 Å². The summed E-state index contributed by atoms with van der Waals surface area (Å²) in [6, 6.07) is 4.17. The molecule has 1 amide bonds. The van der Waals surface area contributed by atoms with Crippen molar-refractivity contribution < 1.29 is 27.4 Å². The fraction of sp³-hybridized carbons (Fsp3) is 0.600. The van der Waals surface area contributed by atoms with Gasteiger partial charge in [0, 0.05) is 16.6 Å². The van der Waals surface area contributed by atoms with Gasteiger partial charge in [0.05, 0.1) is 5.25 Å². The van der Waals surface area contributed by atoms with Gasteiger partial charge in [-0.15, -0.1) is 0 Å². The third-order valence-electron chi connectivity index (χ3n) is 5.11. The number of nitrogens with zero attached hydrogens (tertiary/aromatic N) is 1. The minimum Gasteiger partial charge on any atom is -0.444 e. The normalized spacial score (nSPS) is 25.4. The Morgan fingerprint density at radius 1 is 1.33 bits per heavy atom. The monoisotopic (exact) mass is 506 g/mol. The molecule has 2 N–H and O–H groups in total. The number of halogens is 2. The zero-order valence-corrected chi connectivity index (χ0v) is 20.3. The number of ether oxygens (including phenoxy) is 1. The molecule has 0 saturated heterocycles. The van der Waals surface area contributed by atoms with E-state index in [1.807, 2.05) is 0 Å². The summed E-state index contributed by atoms with van der Waals surface area (Å²) < 4.78 is 46.1. The fourth-order valence-electron chi connectivity index (χ4n) is 3.48. The number of amidine groups is 1. The van der Waals surface area contributed by atoms with Crippen LogP contribution in [0.2, 0.25) is 0 Å². The molecule has 0 saturated carbocycles. The Morgan fingerprint density at radius 2 is 1.93 bits per heavy atom. The number of amides is 1. The van der Waals surface area contributed by atoms with E-state index in [0.717, 1.165) is 0 Å². The van der Waals surface area contributed by atoms with Crippen LogP contribution < -0.4 is 5.32 Å². The zero-order chi connectivity index (χ0) is 23.1. The van der Waals surface area contributed by atoms with Gasteiger partial charge in [0.1, 0.15) is 27.5 Å². The molecule has 2 rings (SSSR count). The van der Waals surface area contributed by atoms with E-state index in [9.17, 15) is 22.7 Å². The molecule has 0 unspecified atom stereocenters. The van der Waals surface area contributed by atoms with Crippen molar-refractivity contribution in [1.82, 2.24) is 5.32 Å². The SMILES string of the molecule is CC(C)(C)OC(=O)NC1=N[C@](C)(c2cc(Br)ccc2F)[C@@H](CCO)S(=O)(=O)C1(C)C. The van der Waals surface area contributed by atoms with Crippen LogP contribution in [-0.2, 0) is 20.1 Å². The topological polar surface area (TPSA) is 105 Å². The van der Waals surface area contributed by atoms with E-state index in [-0.39, 0.29) is 17.8 Å². The Bertz CT molecular complexity index is 972. The van der Waals surface area contributed by atoms with Crippen LogP contribution in [0.25, 0.3) is 0 Å². The number of hydrogen-bond acceptors (Lipinski definition) is 6. The second-order valence-electron chi connectivity index (χ2n) is 8.92. The number of benzene rings is 1. The molecule has 1 aliphatic heterocycles. The number of nitrogens with one attached hydrogen (secondary N) is 1. The first kappa shape index (κ1) is 24.7. The lowest BCUT2D eigenvalue weighted by Crippen LogP contribution is -2.62. The molecule has 0 fully saturated rings. The minimum atomic E-state index is -4.03. The van der Waals surface area contributed by atoms with Crippen LogP contribution in [0.4, 0.5) is 9.18 Å². The molecule has 1 heterocycles. The molecule has 0 radical (unpaired) electrons. The van der Waals surface area contributed by atoms with Crippen LogP contribution in [0.3, 0.4) is 0 Å². The molecule has 1 aromatic carbocycles. The van der Waals surface area contributed by atoms with Gasteiger partial charge in [-0.1, -0.05) is 15.9 Å². The number of rotatable bonds is 3. The molecule has 30 heavy (non-hydrogen) atoms. The third-order valence-corrected chi connectivity index (χ3v) is 8.66. The molecule has 1 aliphatic rings. The second-order valence-corrected chi connectivity index (χ2v) is 12.5. The lowest BCUT2D eigenvalue weighted by molar-refractivity contribution is 0.0560. The highest BCUT2D eigenvalue weighted by molar-refractivity contribution is 9.10. The van der Waals surface area contributed by atoms with Gasteiger partial charge in [0.2, 0.25) is 0 Å². The predicted octanol–water partition coefficient (Wildman–Crippen LogP) is 3.68. The molecule has 2 atom stereocenters. The largest absolute Gasteiger partial charge is 0.444 e. The zero-order valence-electron chi connectivity index (χ0n) is 17.9. The average Bonchev–Trinajstić information content (AvgIpc) is 2.58. The van der Waals surface area contributed by atoms with Gasteiger partial charge < -0.3 is 9.84 Å². The van der Waals surface area contributed by atoms with E-state index in [4.69, 9.17) is 4.74 Å². The maximum absolute atomic E-state index is 14.8. The maximum Gasteiger partial charge on any atom is 0.413 e. The molecule has 10 heteroatoms. The Balaban J connectivity index is 2.73. The summed E-state index contributed by atoms with van der Waals surface area (Å²) in [5, 5.41) is 10.8. The standard InChI is InChI=1S/C20H28BrFN2O5S/c1-18(2,3)29-17(26)23-16-19(4,5)30(27,28)15(9-10-25)20(6,24-16)13-11-12(21)7-8-14(13)22/h7-8,11,15,25H,9-10H2,1-6H3,(H,23,24,26)/t15-,20-/m1/s1. The fourth-order valence-corrected chi connectivity index (χ4v) is 6.12. The van der Waals surface area contributed by atoms with E-state index in [0.29, 0.717) is 4.47 Å². The molecule has 0 bridgehead atoms. The Morgan fingerprint density at radius 3 is 2.47 bits per heavy atom. The van der Waals surface area contributed by atoms with Gasteiger partial charge >= 0.3 is 6.09 Å². The first-order valence-electron chi connectivity index (χ1n) is 9.46. The Hall–Kier alpha value is -1.52. The summed E-state index contributed by atoms with van der Waals surface area (Å²) >= 11 is 3.28. The minimum absolute atomic E-state index is 0.0397. The summed E-state index contributed by atoms with van der Waals surface area (Å²) in [5.74, 6) is -0.785. The van der Waals surface area contributed by atoms with E-state index in [1.54, 1.807) is 20.8 Å². The van der Waals surface area contributed by atoms with Crippen molar-refractivity contribution >= 4 is 37.7 Å². The van der Waals surface area contributed by atoms with Crippen molar-refractivity contribution in [3.8, 4) is 0 Å². The smallest absolute Gasteiger partial charge is 0.413 e. The first-order valence-corrected chi connectivity index (χ1v) is 11.8. The highest BCUT2D eigenvalue weighted by Gasteiger charge is 2.57. The summed E-state index contributed by atoms with van der Waals surface area (Å²) in [7, 11) is -4.03. The lowest BCUT2D eigenvalue weighted by atomic mass is 9.86. The number of aliphatic imine (C=N–C) groups is 1. The van der Waals surface area contributed by atoms with E-state index < -0.39 is 49.5 Å². The van der Waals surface area contributed by atoms with Gasteiger partial charge in [-0.25, -0.2) is 17.6 Å². The highest BCUT2D eigenvalue weighted by atomic mass is 79.9. The number of hydrogen-bond donors (Lipinski definition) is 2. The maximum atomic E-state index is 14.8. The van der Waals surface area contributed by atoms with E-state index in [2.05, 4.69) is 26.2 Å². The molecule has 0 aromatic heterocycles. The molecule has 168 valence electrons. The van der Waals surface area contributed by atoms with E-state index >= 15 is 0 Å². The lowest BCUT2D eigenvalue weighted by Gasteiger charge is -2.45. The Labute approximate surface area is 185 Å². The van der Waals surface area contributed by atoms with Crippen molar-refractivity contribution in [2.75, 3.05) is 6.61 Å². The number of carbonyl (C=O) groups is 1. The van der Waals surface area contributed by atoms with Crippen molar-refractivity contribution in [3.05, 3.63) is 34.1 Å². The molecule has 1 aromatic rings. The van der Waals surface area contributed by atoms with Crippen LogP contribution in [0.15, 0.2) is 27.7 Å². The van der Waals surface area contributed by atoms with Crippen LogP contribution >= 0.6 is 15.9 Å². The average molecular weight is 507 g/mol. The van der Waals surface area contributed by atoms with Crippen molar-refractivity contribution in [1.29, 1.82) is 0 Å². The summed E-state index contributed by atoms with van der Waals surface area (Å²) in [4.78, 5) is 16.9. The molecule has 7 nitrogen and oxygen atoms in total. The second kappa shape index (κ2) is 8.20. The third kappa shape index (κ3) is 4.55. The summed E-state index contributed by atoms with van der Waals surface area (Å²) in [6.45, 7) is 8.93. The molecular weight excluding hydrogens is 479 g/mol. The number of sulfone groups is 1. The molecule has 0 spiro atoms. The van der Waals surface area contributed by atoms with Crippen LogP contribution in [-0.4, -0.2) is 47.7 Å². The number of aliphatic hydroxyl groups is 1. The number of aliphatic hydroxyl groups excluding tert-OH is 1. The van der Waals surface area contributed by atoms with Gasteiger partial charge in [0.15, 0.2) is 9.84 Å². The predicted molar refractivity (Wildman–Crippen MR) is 117 cm³/mol. The Kier molecular flexibility index (Phi) is 6.76.